The summed E-state index contributed by atoms with van der Waals surface area (Å²) >= 11 is 0. The Balaban J connectivity index is 2.54. The Morgan fingerprint density at radius 2 is 2.00 bits per heavy atom. The molecule has 0 heterocycles. The van der Waals surface area contributed by atoms with E-state index in [9.17, 15) is 4.79 Å². The zero-order valence-electron chi connectivity index (χ0n) is 7.12. The van der Waals surface area contributed by atoms with E-state index in [0.717, 1.165) is 16.3 Å². The molecule has 0 fully saturated rings. The summed E-state index contributed by atoms with van der Waals surface area (Å²) in [5.41, 5.74) is 0.632. The maximum absolute atomic E-state index is 11.2. The largest absolute Gasteiger partial charge is 0.462 e. The Kier molecular flexibility index (Phi) is 3.54. The van der Waals surface area contributed by atoms with Gasteiger partial charge in [-0.2, -0.15) is 0 Å². The molecule has 0 spiro atoms. The van der Waals surface area contributed by atoms with Crippen LogP contribution in [0.5, 0.6) is 0 Å². The van der Waals surface area contributed by atoms with E-state index in [1.165, 1.54) is 0 Å². The standard InChI is InChI=1S/C9H12O2Si/c10-9(11-6-7-12)8-4-2-1-3-5-8/h1-5H,6-7H2,12H3. The van der Waals surface area contributed by atoms with E-state index in [4.69, 9.17) is 4.74 Å². The van der Waals surface area contributed by atoms with Gasteiger partial charge in [0.1, 0.15) is 0 Å². The van der Waals surface area contributed by atoms with Crippen LogP contribution in [0.2, 0.25) is 6.04 Å². The average Bonchev–Trinajstić information content (AvgIpc) is 2.15. The Labute approximate surface area is 75.0 Å². The van der Waals surface area contributed by atoms with E-state index < -0.39 is 0 Å². The fourth-order valence-electron chi connectivity index (χ4n) is 0.852. The van der Waals surface area contributed by atoms with Gasteiger partial charge in [-0.3, -0.25) is 0 Å². The van der Waals surface area contributed by atoms with Gasteiger partial charge in [-0.05, 0) is 18.2 Å². The van der Waals surface area contributed by atoms with Crippen LogP contribution in [0.15, 0.2) is 30.3 Å². The molecule has 0 amide bonds. The van der Waals surface area contributed by atoms with Crippen LogP contribution in [0.1, 0.15) is 10.4 Å². The fourth-order valence-corrected chi connectivity index (χ4v) is 1.06. The lowest BCUT2D eigenvalue weighted by Gasteiger charge is -2.01. The molecule has 0 N–H and O–H groups in total. The van der Waals surface area contributed by atoms with Crippen LogP contribution in [0, 0.1) is 0 Å². The Bertz CT molecular complexity index is 246. The van der Waals surface area contributed by atoms with Crippen molar-refractivity contribution in [2.75, 3.05) is 6.61 Å². The molecule has 64 valence electrons. The average molecular weight is 180 g/mol. The van der Waals surface area contributed by atoms with Crippen LogP contribution in [0.3, 0.4) is 0 Å². The maximum atomic E-state index is 11.2. The minimum absolute atomic E-state index is 0.216. The highest BCUT2D eigenvalue weighted by atomic mass is 28.1. The normalized spacial score (nSPS) is 9.67. The number of benzene rings is 1. The van der Waals surface area contributed by atoms with Crippen LogP contribution >= 0.6 is 0 Å². The minimum atomic E-state index is -0.216. The molecule has 3 heteroatoms. The van der Waals surface area contributed by atoms with Crippen molar-refractivity contribution >= 4 is 16.2 Å². The molecular weight excluding hydrogens is 168 g/mol. The lowest BCUT2D eigenvalue weighted by molar-refractivity contribution is 0.0527. The van der Waals surface area contributed by atoms with Crippen LogP contribution in [0.4, 0.5) is 0 Å². The molecule has 1 aromatic rings. The molecular formula is C9H12O2Si. The van der Waals surface area contributed by atoms with E-state index in [-0.39, 0.29) is 5.97 Å². The third-order valence-corrected chi connectivity index (χ3v) is 1.86. The third-order valence-electron chi connectivity index (χ3n) is 1.45. The van der Waals surface area contributed by atoms with Gasteiger partial charge in [0.15, 0.2) is 0 Å². The van der Waals surface area contributed by atoms with E-state index in [2.05, 4.69) is 0 Å². The van der Waals surface area contributed by atoms with E-state index in [0.29, 0.717) is 12.2 Å². The number of carbonyl (C=O) groups is 1. The van der Waals surface area contributed by atoms with Crippen LogP contribution in [0.25, 0.3) is 0 Å². The summed E-state index contributed by atoms with van der Waals surface area (Å²) in [4.78, 5) is 11.2. The zero-order chi connectivity index (χ0) is 8.81. The molecule has 0 aliphatic heterocycles. The molecule has 0 aliphatic carbocycles. The molecule has 0 saturated carbocycles. The summed E-state index contributed by atoms with van der Waals surface area (Å²) in [6, 6.07) is 10.1. The summed E-state index contributed by atoms with van der Waals surface area (Å²) in [5.74, 6) is -0.216. The van der Waals surface area contributed by atoms with Gasteiger partial charge < -0.3 is 4.74 Å². The number of hydrogen-bond donors (Lipinski definition) is 0. The molecule has 0 aliphatic rings. The van der Waals surface area contributed by atoms with Crippen molar-refractivity contribution in [3.63, 3.8) is 0 Å². The van der Waals surface area contributed by atoms with Crippen molar-refractivity contribution < 1.29 is 9.53 Å². The molecule has 0 radical (unpaired) electrons. The first kappa shape index (κ1) is 9.00. The monoisotopic (exact) mass is 180 g/mol. The van der Waals surface area contributed by atoms with Gasteiger partial charge in [-0.25, -0.2) is 4.79 Å². The Morgan fingerprint density at radius 1 is 1.33 bits per heavy atom. The number of carbonyl (C=O) groups excluding carboxylic acids is 1. The molecule has 0 atom stereocenters. The van der Waals surface area contributed by atoms with Gasteiger partial charge >= 0.3 is 5.97 Å². The van der Waals surface area contributed by atoms with Crippen molar-refractivity contribution in [3.8, 4) is 0 Å². The molecule has 12 heavy (non-hydrogen) atoms. The molecule has 1 rings (SSSR count). The highest BCUT2D eigenvalue weighted by Crippen LogP contribution is 2.00. The number of esters is 1. The number of hydrogen-bond acceptors (Lipinski definition) is 2. The summed E-state index contributed by atoms with van der Waals surface area (Å²) in [6.07, 6.45) is 0. The van der Waals surface area contributed by atoms with Crippen LogP contribution < -0.4 is 0 Å². The van der Waals surface area contributed by atoms with Gasteiger partial charge in [-0.1, -0.05) is 18.2 Å². The van der Waals surface area contributed by atoms with Gasteiger partial charge in [0.25, 0.3) is 0 Å². The van der Waals surface area contributed by atoms with E-state index in [1.807, 2.05) is 18.2 Å². The molecule has 1 aromatic carbocycles. The third kappa shape index (κ3) is 2.51. The number of ether oxygens (including phenoxy) is 1. The molecule has 2 nitrogen and oxygen atoms in total. The van der Waals surface area contributed by atoms with E-state index in [1.54, 1.807) is 12.1 Å². The lowest BCUT2D eigenvalue weighted by Crippen LogP contribution is -2.05. The molecule has 0 unspecified atom stereocenters. The van der Waals surface area contributed by atoms with Crippen molar-refractivity contribution in [2.24, 2.45) is 0 Å². The summed E-state index contributed by atoms with van der Waals surface area (Å²) in [6.45, 7) is 0.556. The second-order valence-electron chi connectivity index (χ2n) is 2.50. The highest BCUT2D eigenvalue weighted by molar-refractivity contribution is 6.08. The van der Waals surface area contributed by atoms with Crippen molar-refractivity contribution in [1.29, 1.82) is 0 Å². The smallest absolute Gasteiger partial charge is 0.338 e. The SMILES string of the molecule is O=C(OCC[SiH3])c1ccccc1. The van der Waals surface area contributed by atoms with Crippen molar-refractivity contribution in [2.45, 2.75) is 6.04 Å². The lowest BCUT2D eigenvalue weighted by atomic mass is 10.2. The van der Waals surface area contributed by atoms with Crippen molar-refractivity contribution in [1.82, 2.24) is 0 Å². The zero-order valence-corrected chi connectivity index (χ0v) is 9.12. The first-order chi connectivity index (χ1) is 5.84. The molecule has 0 saturated heterocycles. The van der Waals surface area contributed by atoms with E-state index >= 15 is 0 Å². The predicted molar refractivity (Wildman–Crippen MR) is 51.5 cm³/mol. The Hall–Kier alpha value is -1.09. The predicted octanol–water partition coefficient (Wildman–Crippen LogP) is 0.627. The first-order valence-electron chi connectivity index (χ1n) is 4.06. The van der Waals surface area contributed by atoms with Gasteiger partial charge in [0, 0.05) is 10.2 Å². The van der Waals surface area contributed by atoms with Gasteiger partial charge in [0.2, 0.25) is 0 Å². The van der Waals surface area contributed by atoms with Gasteiger partial charge in [0.05, 0.1) is 12.2 Å². The van der Waals surface area contributed by atoms with Crippen LogP contribution in [-0.2, 0) is 4.74 Å². The second kappa shape index (κ2) is 4.72. The fraction of sp³-hybridized carbons (Fsp3) is 0.222. The molecule has 0 aromatic heterocycles. The topological polar surface area (TPSA) is 26.3 Å². The van der Waals surface area contributed by atoms with Crippen molar-refractivity contribution in [3.05, 3.63) is 35.9 Å². The first-order valence-corrected chi connectivity index (χ1v) is 5.48. The molecule has 0 bridgehead atoms. The number of rotatable bonds is 3. The van der Waals surface area contributed by atoms with Crippen LogP contribution in [-0.4, -0.2) is 22.8 Å². The Morgan fingerprint density at radius 3 is 2.58 bits per heavy atom. The highest BCUT2D eigenvalue weighted by Gasteiger charge is 2.03. The maximum Gasteiger partial charge on any atom is 0.338 e. The summed E-state index contributed by atoms with van der Waals surface area (Å²) in [7, 11) is 1.08. The second-order valence-corrected chi connectivity index (χ2v) is 3.50. The summed E-state index contributed by atoms with van der Waals surface area (Å²) in [5, 5.41) is 0. The summed E-state index contributed by atoms with van der Waals surface area (Å²) < 4.78 is 4.97. The quantitative estimate of drug-likeness (QED) is 0.504. The minimum Gasteiger partial charge on any atom is -0.462 e. The van der Waals surface area contributed by atoms with Gasteiger partial charge in [-0.15, -0.1) is 0 Å².